The minimum absolute atomic E-state index is 0.0479. The fraction of sp³-hybridized carbons (Fsp3) is 0.212. The third-order valence-electron chi connectivity index (χ3n) is 7.09. The zero-order valence-electron chi connectivity index (χ0n) is 28.0. The zero-order valence-corrected chi connectivity index (χ0v) is 28.8. The first-order valence-corrected chi connectivity index (χ1v) is 16.8. The van der Waals surface area contributed by atoms with E-state index in [0.717, 1.165) is 16.3 Å². The zero-order chi connectivity index (χ0) is 40.6. The Morgan fingerprint density at radius 3 is 2.11 bits per heavy atom. The van der Waals surface area contributed by atoms with Crippen LogP contribution in [-0.2, 0) is 26.0 Å². The number of H-pyrrole nitrogens is 1. The second kappa shape index (κ2) is 17.2. The maximum atomic E-state index is 15.9. The number of primary sulfonamides is 1. The van der Waals surface area contributed by atoms with E-state index in [4.69, 9.17) is 35.4 Å². The Hall–Kier alpha value is -5.96. The summed E-state index contributed by atoms with van der Waals surface area (Å²) in [7, 11) is -4.00. The van der Waals surface area contributed by atoms with Crippen molar-refractivity contribution in [3.63, 3.8) is 0 Å². The number of fused-ring (bicyclic) bond motifs is 1. The molecule has 8 N–H and O–H groups in total. The van der Waals surface area contributed by atoms with Gasteiger partial charge in [-0.3, -0.25) is 0 Å². The Bertz CT molecular complexity index is 2210. The van der Waals surface area contributed by atoms with Crippen LogP contribution in [0.25, 0.3) is 22.0 Å². The number of halogens is 7. The fourth-order valence-electron chi connectivity index (χ4n) is 4.66. The molecule has 0 fully saturated rings. The van der Waals surface area contributed by atoms with Gasteiger partial charge < -0.3 is 31.0 Å². The summed E-state index contributed by atoms with van der Waals surface area (Å²) in [6.45, 7) is 4.08. The lowest BCUT2D eigenvalue weighted by atomic mass is 9.99. The Morgan fingerprint density at radius 1 is 0.944 bits per heavy atom. The highest BCUT2D eigenvalue weighted by molar-refractivity contribution is 7.89. The first kappa shape index (κ1) is 42.5. The molecule has 290 valence electrons. The van der Waals surface area contributed by atoms with Crippen molar-refractivity contribution in [1.82, 2.24) is 15.0 Å². The molecule has 5 rings (SSSR count). The second-order valence-corrected chi connectivity index (χ2v) is 12.4. The number of nitrogens with one attached hydrogen (secondary N) is 2. The van der Waals surface area contributed by atoms with Gasteiger partial charge in [-0.1, -0.05) is 31.2 Å². The molecule has 5 aromatic rings. The summed E-state index contributed by atoms with van der Waals surface area (Å²) in [4.78, 5) is 29.6. The van der Waals surface area contributed by atoms with Crippen LogP contribution >= 0.6 is 0 Å². The number of hydrogen-bond donors (Lipinski definition) is 6. The quantitative estimate of drug-likeness (QED) is 0.0894. The van der Waals surface area contributed by atoms with E-state index in [-0.39, 0.29) is 10.6 Å². The van der Waals surface area contributed by atoms with Crippen LogP contribution in [0.5, 0.6) is 5.75 Å². The van der Waals surface area contributed by atoms with Crippen LogP contribution in [0.1, 0.15) is 36.8 Å². The predicted molar refractivity (Wildman–Crippen MR) is 181 cm³/mol. The standard InChI is InChI=1S/C29H29FN6O3S.2C2HF3O2/c1-3-17-13-22(26(30)24(14-17)39-4-2)27(35-19-9-10-20-18(15-19)11-12-33-28(20)31)29-34-16-23(36-29)21-7-5-6-8-25(21)40(32,37)38;2*3-2(4,5)1(6)7/h5-16,27,35H,3-4H2,1-2H3,(H2,31,33)(H,34,36)(H2,32,37,38);2*(H,6,7). The van der Waals surface area contributed by atoms with Crippen molar-refractivity contribution in [3.05, 3.63) is 95.8 Å². The van der Waals surface area contributed by atoms with Crippen LogP contribution in [0.4, 0.5) is 42.2 Å². The number of aromatic nitrogens is 3. The number of anilines is 2. The van der Waals surface area contributed by atoms with E-state index in [1.165, 1.54) is 12.3 Å². The molecule has 0 aliphatic heterocycles. The Balaban J connectivity index is 0.000000476. The average molecular weight is 789 g/mol. The van der Waals surface area contributed by atoms with Crippen molar-refractivity contribution in [2.24, 2.45) is 5.14 Å². The molecular formula is C33H31F7N6O7S. The maximum absolute atomic E-state index is 15.9. The number of nitrogens with two attached hydrogens (primary N) is 2. The molecule has 13 nitrogen and oxygen atoms in total. The van der Waals surface area contributed by atoms with Gasteiger partial charge in [-0.15, -0.1) is 0 Å². The molecule has 3 aromatic carbocycles. The first-order valence-electron chi connectivity index (χ1n) is 15.2. The van der Waals surface area contributed by atoms with Gasteiger partial charge in [0.15, 0.2) is 11.6 Å². The highest BCUT2D eigenvalue weighted by Crippen LogP contribution is 2.35. The summed E-state index contributed by atoms with van der Waals surface area (Å²) in [5, 5.41) is 24.8. The monoisotopic (exact) mass is 788 g/mol. The number of nitrogen functional groups attached to an aromatic ring is 1. The van der Waals surface area contributed by atoms with E-state index in [1.807, 2.05) is 31.2 Å². The third-order valence-corrected chi connectivity index (χ3v) is 8.06. The number of carboxylic acids is 2. The smallest absolute Gasteiger partial charge is 0.490 e. The van der Waals surface area contributed by atoms with E-state index in [0.29, 0.717) is 47.2 Å². The van der Waals surface area contributed by atoms with Crippen molar-refractivity contribution < 1.29 is 63.7 Å². The first-order chi connectivity index (χ1) is 25.1. The number of ether oxygens (including phenoxy) is 1. The van der Waals surface area contributed by atoms with Crippen molar-refractivity contribution in [3.8, 4) is 17.0 Å². The number of aromatic amines is 1. The van der Waals surface area contributed by atoms with Crippen LogP contribution in [0.2, 0.25) is 0 Å². The van der Waals surface area contributed by atoms with Crippen LogP contribution < -0.4 is 20.9 Å². The van der Waals surface area contributed by atoms with E-state index < -0.39 is 46.2 Å². The van der Waals surface area contributed by atoms with E-state index in [2.05, 4.69) is 20.3 Å². The summed E-state index contributed by atoms with van der Waals surface area (Å²) >= 11 is 0. The van der Waals surface area contributed by atoms with E-state index >= 15 is 4.39 Å². The molecule has 0 aliphatic carbocycles. The lowest BCUT2D eigenvalue weighted by Gasteiger charge is -2.22. The van der Waals surface area contributed by atoms with Gasteiger partial charge in [-0.25, -0.2) is 37.5 Å². The number of carboxylic acid groups (broad SMARTS) is 2. The topological polar surface area (TPSA) is 224 Å². The number of sulfonamides is 1. The van der Waals surface area contributed by atoms with Gasteiger partial charge in [0.05, 0.1) is 23.4 Å². The van der Waals surface area contributed by atoms with Crippen molar-refractivity contribution in [2.45, 2.75) is 43.6 Å². The number of carbonyl (C=O) groups is 2. The molecule has 0 radical (unpaired) electrons. The maximum Gasteiger partial charge on any atom is 0.490 e. The number of pyridine rings is 1. The molecular weight excluding hydrogens is 757 g/mol. The summed E-state index contributed by atoms with van der Waals surface area (Å²) in [6, 6.07) is 16.4. The lowest BCUT2D eigenvalue weighted by Crippen LogP contribution is -2.21. The number of aliphatic carboxylic acids is 2. The minimum Gasteiger partial charge on any atom is -0.491 e. The molecule has 21 heteroatoms. The van der Waals surface area contributed by atoms with Crippen molar-refractivity contribution in [2.75, 3.05) is 17.7 Å². The molecule has 0 aliphatic rings. The van der Waals surface area contributed by atoms with E-state index in [1.54, 1.807) is 43.5 Å². The van der Waals surface area contributed by atoms with Gasteiger partial charge in [0.1, 0.15) is 17.7 Å². The number of rotatable bonds is 9. The molecule has 2 aromatic heterocycles. The largest absolute Gasteiger partial charge is 0.491 e. The number of benzene rings is 3. The molecule has 2 heterocycles. The van der Waals surface area contributed by atoms with Crippen molar-refractivity contribution in [1.29, 1.82) is 0 Å². The summed E-state index contributed by atoms with van der Waals surface area (Å²) in [5.74, 6) is -5.11. The van der Waals surface area contributed by atoms with E-state index in [9.17, 15) is 34.8 Å². The number of nitrogens with zero attached hydrogens (tertiary/aromatic N) is 2. The van der Waals surface area contributed by atoms with Crippen molar-refractivity contribution >= 4 is 44.2 Å². The molecule has 0 spiro atoms. The average Bonchev–Trinajstić information content (AvgIpc) is 3.58. The summed E-state index contributed by atoms with van der Waals surface area (Å²) in [6.07, 6.45) is -6.38. The van der Waals surface area contributed by atoms with Crippen LogP contribution in [0.3, 0.4) is 0 Å². The molecule has 0 bridgehead atoms. The number of aryl methyl sites for hydroxylation is 1. The van der Waals surface area contributed by atoms with Gasteiger partial charge in [0.2, 0.25) is 10.0 Å². The molecule has 0 saturated heterocycles. The van der Waals surface area contributed by atoms with Gasteiger partial charge in [0.25, 0.3) is 0 Å². The van der Waals surface area contributed by atoms with Gasteiger partial charge in [-0.05, 0) is 60.7 Å². The predicted octanol–water partition coefficient (Wildman–Crippen LogP) is 6.42. The SMILES string of the molecule is CCOc1cc(CC)cc(C(Nc2ccc3c(N)nccc3c2)c2ncc(-c3ccccc3S(N)(=O)=O)[nH]2)c1F.O=C(O)C(F)(F)F.O=C(O)C(F)(F)F. The third kappa shape index (κ3) is 11.0. The van der Waals surface area contributed by atoms with Crippen LogP contribution in [0, 0.1) is 5.82 Å². The minimum atomic E-state index is -5.08. The number of alkyl halides is 6. The van der Waals surface area contributed by atoms with Gasteiger partial charge in [0, 0.05) is 28.4 Å². The second-order valence-electron chi connectivity index (χ2n) is 10.8. The molecule has 1 unspecified atom stereocenters. The van der Waals surface area contributed by atoms with Gasteiger partial charge in [-0.2, -0.15) is 26.3 Å². The molecule has 54 heavy (non-hydrogen) atoms. The Labute approximate surface area is 301 Å². The highest BCUT2D eigenvalue weighted by atomic mass is 32.2. The molecule has 0 amide bonds. The number of hydrogen-bond acceptors (Lipinski definition) is 9. The van der Waals surface area contributed by atoms with Crippen LogP contribution in [0.15, 0.2) is 78.0 Å². The molecule has 0 saturated carbocycles. The molecule has 1 atom stereocenters. The fourth-order valence-corrected chi connectivity index (χ4v) is 5.41. The number of imidazole rings is 1. The normalized spacial score (nSPS) is 12.1. The van der Waals surface area contributed by atoms with Gasteiger partial charge >= 0.3 is 24.3 Å². The Kier molecular flexibility index (Phi) is 13.6. The summed E-state index contributed by atoms with van der Waals surface area (Å²) < 4.78 is 109. The highest BCUT2D eigenvalue weighted by Gasteiger charge is 2.39. The Morgan fingerprint density at radius 2 is 1.56 bits per heavy atom. The van der Waals surface area contributed by atoms with Crippen LogP contribution in [-0.4, -0.2) is 64.5 Å². The summed E-state index contributed by atoms with van der Waals surface area (Å²) in [5.41, 5.74) is 8.69. The lowest BCUT2D eigenvalue weighted by molar-refractivity contribution is -0.193.